The van der Waals surface area contributed by atoms with Crippen LogP contribution in [0.15, 0.2) is 36.4 Å². The quantitative estimate of drug-likeness (QED) is 0.592. The minimum atomic E-state index is -0.430. The molecule has 0 N–H and O–H groups in total. The van der Waals surface area contributed by atoms with Crippen LogP contribution in [-0.2, 0) is 12.4 Å². The molecular weight excluding hydrogens is 334 g/mol. The summed E-state index contributed by atoms with van der Waals surface area (Å²) < 4.78 is 15.2. The SMILES string of the molecule is Fc1ccc(Cn2c(CCl)nc3cc(Cl)ccc32)cc1Cl. The number of aromatic nitrogens is 2. The van der Waals surface area contributed by atoms with Crippen LogP contribution < -0.4 is 0 Å². The van der Waals surface area contributed by atoms with E-state index in [-0.39, 0.29) is 10.9 Å². The first kappa shape index (κ1) is 14.6. The van der Waals surface area contributed by atoms with Gasteiger partial charge in [-0.05, 0) is 35.9 Å². The van der Waals surface area contributed by atoms with Gasteiger partial charge in [0.1, 0.15) is 11.6 Å². The molecule has 0 bridgehead atoms. The van der Waals surface area contributed by atoms with Crippen LogP contribution in [-0.4, -0.2) is 9.55 Å². The summed E-state index contributed by atoms with van der Waals surface area (Å²) in [6, 6.07) is 10.1. The summed E-state index contributed by atoms with van der Waals surface area (Å²) in [5.74, 6) is 0.580. The molecule has 0 saturated heterocycles. The summed E-state index contributed by atoms with van der Waals surface area (Å²) in [6.07, 6.45) is 0. The number of fused-ring (bicyclic) bond motifs is 1. The number of benzene rings is 2. The predicted molar refractivity (Wildman–Crippen MR) is 84.8 cm³/mol. The van der Waals surface area contributed by atoms with E-state index in [1.807, 2.05) is 10.6 Å². The van der Waals surface area contributed by atoms with E-state index < -0.39 is 5.82 Å². The van der Waals surface area contributed by atoms with Gasteiger partial charge in [0.2, 0.25) is 0 Å². The van der Waals surface area contributed by atoms with E-state index in [2.05, 4.69) is 4.98 Å². The average Bonchev–Trinajstić information content (AvgIpc) is 2.80. The van der Waals surface area contributed by atoms with E-state index in [9.17, 15) is 4.39 Å². The van der Waals surface area contributed by atoms with Crippen LogP contribution in [0, 0.1) is 5.82 Å². The van der Waals surface area contributed by atoms with E-state index in [4.69, 9.17) is 34.8 Å². The first-order valence-electron chi connectivity index (χ1n) is 6.23. The first-order valence-corrected chi connectivity index (χ1v) is 7.52. The highest BCUT2D eigenvalue weighted by molar-refractivity contribution is 6.31. The van der Waals surface area contributed by atoms with Crippen molar-refractivity contribution in [3.8, 4) is 0 Å². The van der Waals surface area contributed by atoms with Gasteiger partial charge in [-0.1, -0.05) is 29.3 Å². The Bertz CT molecular complexity index is 814. The highest BCUT2D eigenvalue weighted by atomic mass is 35.5. The molecule has 6 heteroatoms. The number of imidazole rings is 1. The average molecular weight is 344 g/mol. The van der Waals surface area contributed by atoms with Crippen LogP contribution in [0.2, 0.25) is 10.0 Å². The molecule has 0 atom stereocenters. The fraction of sp³-hybridized carbons (Fsp3) is 0.133. The van der Waals surface area contributed by atoms with E-state index in [0.717, 1.165) is 22.4 Å². The van der Waals surface area contributed by atoms with Gasteiger partial charge in [0.05, 0.1) is 21.9 Å². The van der Waals surface area contributed by atoms with E-state index >= 15 is 0 Å². The Morgan fingerprint density at radius 3 is 2.62 bits per heavy atom. The van der Waals surface area contributed by atoms with Gasteiger partial charge in [-0.15, -0.1) is 11.6 Å². The molecule has 2 nitrogen and oxygen atoms in total. The van der Waals surface area contributed by atoms with Gasteiger partial charge in [-0.2, -0.15) is 0 Å². The standard InChI is InChI=1S/C15H10Cl3FN2/c16-7-15-20-13-6-10(17)2-4-14(13)21(15)8-9-1-3-12(19)11(18)5-9/h1-6H,7-8H2. The minimum Gasteiger partial charge on any atom is -0.322 e. The van der Waals surface area contributed by atoms with Crippen LogP contribution >= 0.6 is 34.8 Å². The van der Waals surface area contributed by atoms with Gasteiger partial charge in [0.25, 0.3) is 0 Å². The third-order valence-electron chi connectivity index (χ3n) is 3.23. The lowest BCUT2D eigenvalue weighted by molar-refractivity contribution is 0.626. The first-order chi connectivity index (χ1) is 10.1. The molecule has 108 valence electrons. The molecule has 2 aromatic carbocycles. The normalized spacial score (nSPS) is 11.2. The molecule has 0 aliphatic rings. The maximum atomic E-state index is 13.2. The number of rotatable bonds is 3. The van der Waals surface area contributed by atoms with Crippen LogP contribution in [0.4, 0.5) is 4.39 Å². The monoisotopic (exact) mass is 342 g/mol. The Labute approximate surface area is 136 Å². The van der Waals surface area contributed by atoms with Crippen molar-refractivity contribution in [2.24, 2.45) is 0 Å². The molecule has 1 heterocycles. The Kier molecular flexibility index (Phi) is 4.07. The molecular formula is C15H10Cl3FN2. The van der Waals surface area contributed by atoms with Crippen molar-refractivity contribution >= 4 is 45.8 Å². The van der Waals surface area contributed by atoms with E-state index in [1.165, 1.54) is 6.07 Å². The largest absolute Gasteiger partial charge is 0.322 e. The highest BCUT2D eigenvalue weighted by Crippen LogP contribution is 2.24. The highest BCUT2D eigenvalue weighted by Gasteiger charge is 2.11. The lowest BCUT2D eigenvalue weighted by Crippen LogP contribution is -2.04. The van der Waals surface area contributed by atoms with Gasteiger partial charge >= 0.3 is 0 Å². The van der Waals surface area contributed by atoms with Gasteiger partial charge in [-0.25, -0.2) is 9.37 Å². The second-order valence-electron chi connectivity index (χ2n) is 4.63. The molecule has 0 saturated carbocycles. The molecule has 21 heavy (non-hydrogen) atoms. The second-order valence-corrected chi connectivity index (χ2v) is 5.74. The Hall–Kier alpha value is -1.29. The topological polar surface area (TPSA) is 17.8 Å². The maximum absolute atomic E-state index is 13.2. The fourth-order valence-corrected chi connectivity index (χ4v) is 2.83. The molecule has 0 fully saturated rings. The predicted octanol–water partition coefficient (Wildman–Crippen LogP) is 5.27. The summed E-state index contributed by atoms with van der Waals surface area (Å²) in [7, 11) is 0. The summed E-state index contributed by atoms with van der Waals surface area (Å²) >= 11 is 17.8. The summed E-state index contributed by atoms with van der Waals surface area (Å²) in [5, 5.41) is 0.727. The molecule has 0 radical (unpaired) electrons. The zero-order valence-corrected chi connectivity index (χ0v) is 13.1. The van der Waals surface area contributed by atoms with Crippen LogP contribution in [0.25, 0.3) is 11.0 Å². The lowest BCUT2D eigenvalue weighted by Gasteiger charge is -2.08. The number of hydrogen-bond acceptors (Lipinski definition) is 1. The van der Waals surface area contributed by atoms with Crippen molar-refractivity contribution in [1.29, 1.82) is 0 Å². The molecule has 0 aliphatic carbocycles. The summed E-state index contributed by atoms with van der Waals surface area (Å²) in [6.45, 7) is 0.514. The lowest BCUT2D eigenvalue weighted by atomic mass is 10.2. The molecule has 3 rings (SSSR count). The van der Waals surface area contributed by atoms with Crippen LogP contribution in [0.3, 0.4) is 0 Å². The van der Waals surface area contributed by atoms with Crippen LogP contribution in [0.1, 0.15) is 11.4 Å². The number of hydrogen-bond donors (Lipinski definition) is 0. The summed E-state index contributed by atoms with van der Waals surface area (Å²) in [4.78, 5) is 4.47. The third-order valence-corrected chi connectivity index (χ3v) is 4.00. The molecule has 0 aliphatic heterocycles. The molecule has 3 aromatic rings. The third kappa shape index (κ3) is 2.86. The van der Waals surface area contributed by atoms with Crippen molar-refractivity contribution < 1.29 is 4.39 Å². The van der Waals surface area contributed by atoms with Crippen LogP contribution in [0.5, 0.6) is 0 Å². The zero-order valence-electron chi connectivity index (χ0n) is 10.8. The molecule has 1 aromatic heterocycles. The molecule has 0 spiro atoms. The van der Waals surface area contributed by atoms with Gasteiger partial charge < -0.3 is 4.57 Å². The van der Waals surface area contributed by atoms with Crippen molar-refractivity contribution in [3.63, 3.8) is 0 Å². The minimum absolute atomic E-state index is 0.104. The van der Waals surface area contributed by atoms with Gasteiger partial charge in [0, 0.05) is 11.6 Å². The molecule has 0 unspecified atom stereocenters. The van der Waals surface area contributed by atoms with Crippen molar-refractivity contribution in [2.45, 2.75) is 12.4 Å². The fourth-order valence-electron chi connectivity index (χ4n) is 2.25. The van der Waals surface area contributed by atoms with Gasteiger partial charge in [0.15, 0.2) is 0 Å². The van der Waals surface area contributed by atoms with Gasteiger partial charge in [-0.3, -0.25) is 0 Å². The Balaban J connectivity index is 2.08. The second kappa shape index (κ2) is 5.84. The zero-order chi connectivity index (χ0) is 15.0. The number of halogens is 4. The number of alkyl halides is 1. The van der Waals surface area contributed by atoms with E-state index in [1.54, 1.807) is 24.3 Å². The van der Waals surface area contributed by atoms with Crippen molar-refractivity contribution in [2.75, 3.05) is 0 Å². The Morgan fingerprint density at radius 1 is 1.10 bits per heavy atom. The summed E-state index contributed by atoms with van der Waals surface area (Å²) in [5.41, 5.74) is 2.59. The number of nitrogens with zero attached hydrogens (tertiary/aromatic N) is 2. The van der Waals surface area contributed by atoms with Crippen molar-refractivity contribution in [1.82, 2.24) is 9.55 Å². The smallest absolute Gasteiger partial charge is 0.141 e. The molecule has 0 amide bonds. The van der Waals surface area contributed by atoms with Crippen molar-refractivity contribution in [3.05, 3.63) is 63.6 Å². The maximum Gasteiger partial charge on any atom is 0.141 e. The van der Waals surface area contributed by atoms with E-state index in [0.29, 0.717) is 11.6 Å². The Morgan fingerprint density at radius 2 is 1.90 bits per heavy atom.